The van der Waals surface area contributed by atoms with Gasteiger partial charge in [-0.1, -0.05) is 25.1 Å². The Labute approximate surface area is 160 Å². The Morgan fingerprint density at radius 3 is 2.37 bits per heavy atom. The number of anilines is 1. The van der Waals surface area contributed by atoms with Crippen molar-refractivity contribution in [1.82, 2.24) is 5.32 Å². The number of nitrogens with zero attached hydrogens (tertiary/aromatic N) is 1. The number of hydrogen-bond donors (Lipinski definition) is 1. The third-order valence-corrected chi connectivity index (χ3v) is 5.62. The Bertz CT molecular complexity index is 869. The van der Waals surface area contributed by atoms with Gasteiger partial charge in [-0.2, -0.15) is 0 Å². The molecule has 0 aliphatic carbocycles. The van der Waals surface area contributed by atoms with Crippen molar-refractivity contribution in [3.63, 3.8) is 0 Å². The van der Waals surface area contributed by atoms with Crippen LogP contribution < -0.4 is 19.1 Å². The zero-order valence-electron chi connectivity index (χ0n) is 15.6. The summed E-state index contributed by atoms with van der Waals surface area (Å²) in [4.78, 5) is 12.4. The molecule has 0 fully saturated rings. The highest BCUT2D eigenvalue weighted by atomic mass is 32.2. The van der Waals surface area contributed by atoms with E-state index in [2.05, 4.69) is 5.32 Å². The topological polar surface area (TPSA) is 84.9 Å². The summed E-state index contributed by atoms with van der Waals surface area (Å²) >= 11 is 0. The zero-order chi connectivity index (χ0) is 19.9. The van der Waals surface area contributed by atoms with Crippen molar-refractivity contribution in [2.45, 2.75) is 18.2 Å². The standard InChI is InChI=1S/C19H24N2O5S/c1-4-12-20-19(22)14-21(27(23,24)16-8-6-5-7-9-16)17-11-10-15(25-2)13-18(17)26-3/h5-11,13H,4,12,14H2,1-3H3,(H,20,22). The Kier molecular flexibility index (Phi) is 7.06. The van der Waals surface area contributed by atoms with E-state index in [1.165, 1.54) is 26.4 Å². The molecule has 2 aromatic rings. The van der Waals surface area contributed by atoms with Crippen molar-refractivity contribution >= 4 is 21.6 Å². The van der Waals surface area contributed by atoms with Gasteiger partial charge in [0.25, 0.3) is 10.0 Å². The molecule has 0 bridgehead atoms. The number of methoxy groups -OCH3 is 2. The normalized spacial score (nSPS) is 10.9. The first-order chi connectivity index (χ1) is 12.9. The number of sulfonamides is 1. The minimum atomic E-state index is -3.97. The maximum atomic E-state index is 13.2. The number of ether oxygens (including phenoxy) is 2. The van der Waals surface area contributed by atoms with E-state index in [4.69, 9.17) is 9.47 Å². The van der Waals surface area contributed by atoms with Crippen LogP contribution in [0, 0.1) is 0 Å². The van der Waals surface area contributed by atoms with Crippen LogP contribution in [0.15, 0.2) is 53.4 Å². The van der Waals surface area contributed by atoms with Crippen LogP contribution in [0.2, 0.25) is 0 Å². The second-order valence-electron chi connectivity index (χ2n) is 5.71. The number of carbonyl (C=O) groups is 1. The number of hydrogen-bond acceptors (Lipinski definition) is 5. The Balaban J connectivity index is 2.52. The van der Waals surface area contributed by atoms with Gasteiger partial charge in [0.05, 0.1) is 24.8 Å². The number of rotatable bonds is 9. The fourth-order valence-electron chi connectivity index (χ4n) is 2.46. The maximum Gasteiger partial charge on any atom is 0.264 e. The lowest BCUT2D eigenvalue weighted by atomic mass is 10.2. The van der Waals surface area contributed by atoms with Gasteiger partial charge in [0.15, 0.2) is 0 Å². The van der Waals surface area contributed by atoms with Gasteiger partial charge in [0.1, 0.15) is 18.0 Å². The van der Waals surface area contributed by atoms with Crippen LogP contribution in [-0.4, -0.2) is 41.6 Å². The van der Waals surface area contributed by atoms with E-state index in [0.29, 0.717) is 12.3 Å². The molecule has 0 radical (unpaired) electrons. The summed E-state index contributed by atoms with van der Waals surface area (Å²) in [5, 5.41) is 2.71. The largest absolute Gasteiger partial charge is 0.497 e. The zero-order valence-corrected chi connectivity index (χ0v) is 16.5. The summed E-state index contributed by atoms with van der Waals surface area (Å²) < 4.78 is 38.0. The minimum absolute atomic E-state index is 0.0890. The van der Waals surface area contributed by atoms with Gasteiger partial charge in [0, 0.05) is 12.6 Å². The van der Waals surface area contributed by atoms with E-state index in [-0.39, 0.29) is 22.9 Å². The lowest BCUT2D eigenvalue weighted by Gasteiger charge is -2.26. The molecule has 0 unspecified atom stereocenters. The van der Waals surface area contributed by atoms with Gasteiger partial charge in [-0.15, -0.1) is 0 Å². The molecule has 0 spiro atoms. The summed E-state index contributed by atoms with van der Waals surface area (Å²) in [7, 11) is -1.04. The van der Waals surface area contributed by atoms with Crippen LogP contribution in [0.25, 0.3) is 0 Å². The molecule has 0 atom stereocenters. The number of amides is 1. The molecular formula is C19H24N2O5S. The van der Waals surface area contributed by atoms with Gasteiger partial charge >= 0.3 is 0 Å². The average Bonchev–Trinajstić information content (AvgIpc) is 2.70. The van der Waals surface area contributed by atoms with Crippen molar-refractivity contribution in [2.75, 3.05) is 31.6 Å². The summed E-state index contributed by atoms with van der Waals surface area (Å²) in [6, 6.07) is 12.7. The van der Waals surface area contributed by atoms with Gasteiger partial charge in [0.2, 0.25) is 5.91 Å². The van der Waals surface area contributed by atoms with Gasteiger partial charge in [-0.05, 0) is 30.7 Å². The van der Waals surface area contributed by atoms with Crippen molar-refractivity contribution < 1.29 is 22.7 Å². The molecular weight excluding hydrogens is 368 g/mol. The third kappa shape index (κ3) is 4.91. The van der Waals surface area contributed by atoms with Crippen LogP contribution in [0.3, 0.4) is 0 Å². The fraction of sp³-hybridized carbons (Fsp3) is 0.316. The third-order valence-electron chi connectivity index (χ3n) is 3.85. The Morgan fingerprint density at radius 1 is 1.07 bits per heavy atom. The maximum absolute atomic E-state index is 13.2. The molecule has 0 saturated carbocycles. The predicted octanol–water partition coefficient (Wildman–Crippen LogP) is 2.43. The van der Waals surface area contributed by atoms with Gasteiger partial charge in [-0.3, -0.25) is 9.10 Å². The second-order valence-corrected chi connectivity index (χ2v) is 7.57. The van der Waals surface area contributed by atoms with Crippen molar-refractivity contribution in [2.24, 2.45) is 0 Å². The van der Waals surface area contributed by atoms with Crippen LogP contribution in [0.5, 0.6) is 11.5 Å². The van der Waals surface area contributed by atoms with Gasteiger partial charge < -0.3 is 14.8 Å². The second kappa shape index (κ2) is 9.27. The van der Waals surface area contributed by atoms with E-state index < -0.39 is 15.9 Å². The summed E-state index contributed by atoms with van der Waals surface area (Å²) in [6.07, 6.45) is 0.753. The van der Waals surface area contributed by atoms with E-state index >= 15 is 0 Å². The molecule has 0 saturated heterocycles. The van der Waals surface area contributed by atoms with Crippen LogP contribution >= 0.6 is 0 Å². The number of benzene rings is 2. The molecule has 8 heteroatoms. The highest BCUT2D eigenvalue weighted by Crippen LogP contribution is 2.35. The van der Waals surface area contributed by atoms with Crippen molar-refractivity contribution in [3.8, 4) is 11.5 Å². The molecule has 0 aromatic heterocycles. The molecule has 1 N–H and O–H groups in total. The molecule has 146 valence electrons. The molecule has 0 aliphatic heterocycles. The van der Waals surface area contributed by atoms with Crippen molar-refractivity contribution in [1.29, 1.82) is 0 Å². The van der Waals surface area contributed by atoms with Crippen LogP contribution in [-0.2, 0) is 14.8 Å². The smallest absolute Gasteiger partial charge is 0.264 e. The van der Waals surface area contributed by atoms with Gasteiger partial charge in [-0.25, -0.2) is 8.42 Å². The molecule has 2 aromatic carbocycles. The minimum Gasteiger partial charge on any atom is -0.497 e. The fourth-order valence-corrected chi connectivity index (χ4v) is 3.91. The van der Waals surface area contributed by atoms with Crippen molar-refractivity contribution in [3.05, 3.63) is 48.5 Å². The van der Waals surface area contributed by atoms with E-state index in [9.17, 15) is 13.2 Å². The predicted molar refractivity (Wildman–Crippen MR) is 104 cm³/mol. The summed E-state index contributed by atoms with van der Waals surface area (Å²) in [6.45, 7) is 2.03. The molecule has 7 nitrogen and oxygen atoms in total. The molecule has 2 rings (SSSR count). The quantitative estimate of drug-likeness (QED) is 0.708. The average molecular weight is 392 g/mol. The van der Waals surface area contributed by atoms with Crippen LogP contribution in [0.4, 0.5) is 5.69 Å². The number of carbonyl (C=O) groups excluding carboxylic acids is 1. The Hall–Kier alpha value is -2.74. The molecule has 0 aliphatic rings. The first-order valence-electron chi connectivity index (χ1n) is 8.50. The summed E-state index contributed by atoms with van der Waals surface area (Å²) in [5.41, 5.74) is 0.258. The number of nitrogens with one attached hydrogen (secondary N) is 1. The molecule has 27 heavy (non-hydrogen) atoms. The first-order valence-corrected chi connectivity index (χ1v) is 9.94. The summed E-state index contributed by atoms with van der Waals surface area (Å²) in [5.74, 6) is 0.412. The monoisotopic (exact) mass is 392 g/mol. The molecule has 1 amide bonds. The highest BCUT2D eigenvalue weighted by molar-refractivity contribution is 7.92. The van der Waals surface area contributed by atoms with E-state index in [0.717, 1.165) is 10.7 Å². The molecule has 0 heterocycles. The SMILES string of the molecule is CCCNC(=O)CN(c1ccc(OC)cc1OC)S(=O)(=O)c1ccccc1. The highest BCUT2D eigenvalue weighted by Gasteiger charge is 2.29. The lowest BCUT2D eigenvalue weighted by Crippen LogP contribution is -2.41. The Morgan fingerprint density at radius 2 is 1.78 bits per heavy atom. The lowest BCUT2D eigenvalue weighted by molar-refractivity contribution is -0.119. The van der Waals surface area contributed by atoms with E-state index in [1.54, 1.807) is 36.4 Å². The first kappa shape index (κ1) is 20.6. The van der Waals surface area contributed by atoms with E-state index in [1.807, 2.05) is 6.92 Å². The van der Waals surface area contributed by atoms with Crippen LogP contribution in [0.1, 0.15) is 13.3 Å².